The first-order chi connectivity index (χ1) is 7.86. The lowest BCUT2D eigenvalue weighted by atomic mass is 9.98. The Bertz CT molecular complexity index is 559. The summed E-state index contributed by atoms with van der Waals surface area (Å²) in [7, 11) is 0. The fourth-order valence-corrected chi connectivity index (χ4v) is 1.82. The summed E-state index contributed by atoms with van der Waals surface area (Å²) in [5.41, 5.74) is 1.90. The molecule has 2 aromatic rings. The summed E-state index contributed by atoms with van der Waals surface area (Å²) >= 11 is 0. The van der Waals surface area contributed by atoms with Gasteiger partial charge in [0.1, 0.15) is 6.29 Å². The highest BCUT2D eigenvalue weighted by Gasteiger charge is 2.02. The Morgan fingerprint density at radius 1 is 1.06 bits per heavy atom. The van der Waals surface area contributed by atoms with Crippen LogP contribution in [0, 0.1) is 0 Å². The Hall–Kier alpha value is -2.15. The lowest BCUT2D eigenvalue weighted by Gasteiger charge is -2.06. The van der Waals surface area contributed by atoms with Crippen molar-refractivity contribution in [3.8, 4) is 0 Å². The van der Waals surface area contributed by atoms with Crippen LogP contribution in [0.3, 0.4) is 0 Å². The minimum absolute atomic E-state index is 0.790. The van der Waals surface area contributed by atoms with Crippen LogP contribution >= 0.6 is 0 Å². The van der Waals surface area contributed by atoms with Crippen LogP contribution in [-0.2, 0) is 4.79 Å². The Labute approximate surface area is 94.7 Å². The smallest absolute Gasteiger partial charge is 0.143 e. The average Bonchev–Trinajstić information content (AvgIpc) is 2.35. The number of hydrogen-bond donors (Lipinski definition) is 0. The van der Waals surface area contributed by atoms with Gasteiger partial charge < -0.3 is 0 Å². The number of rotatable bonds is 3. The molecule has 2 aromatic carbocycles. The summed E-state index contributed by atoms with van der Waals surface area (Å²) in [6.45, 7) is 3.74. The zero-order valence-electron chi connectivity index (χ0n) is 8.89. The van der Waals surface area contributed by atoms with E-state index in [4.69, 9.17) is 0 Å². The van der Waals surface area contributed by atoms with Crippen LogP contribution in [-0.4, -0.2) is 6.29 Å². The van der Waals surface area contributed by atoms with Gasteiger partial charge >= 0.3 is 0 Å². The van der Waals surface area contributed by atoms with E-state index in [1.165, 1.54) is 11.5 Å². The van der Waals surface area contributed by atoms with Crippen molar-refractivity contribution in [1.82, 2.24) is 0 Å². The third kappa shape index (κ3) is 1.80. The largest absolute Gasteiger partial charge is 0.299 e. The molecule has 0 radical (unpaired) electrons. The zero-order chi connectivity index (χ0) is 11.4. The quantitative estimate of drug-likeness (QED) is 0.428. The number of hydrogen-bond acceptors (Lipinski definition) is 1. The van der Waals surface area contributed by atoms with E-state index in [9.17, 15) is 4.79 Å². The van der Waals surface area contributed by atoms with Gasteiger partial charge in [0.05, 0.1) is 0 Å². The number of carbonyl (C=O) groups excluding carboxylic acids is 1. The first-order valence-corrected chi connectivity index (χ1v) is 5.13. The summed E-state index contributed by atoms with van der Waals surface area (Å²) in [6, 6.07) is 14.1. The highest BCUT2D eigenvalue weighted by Crippen LogP contribution is 2.25. The zero-order valence-corrected chi connectivity index (χ0v) is 8.89. The van der Waals surface area contributed by atoms with E-state index >= 15 is 0 Å². The number of aldehydes is 1. The van der Waals surface area contributed by atoms with Crippen LogP contribution in [0.2, 0.25) is 0 Å². The van der Waals surface area contributed by atoms with Crippen molar-refractivity contribution < 1.29 is 4.79 Å². The second kappa shape index (κ2) is 4.58. The molecule has 0 aliphatic heterocycles. The molecule has 0 bridgehead atoms. The summed E-state index contributed by atoms with van der Waals surface area (Å²) < 4.78 is 0. The van der Waals surface area contributed by atoms with Crippen LogP contribution in [0.5, 0.6) is 0 Å². The summed E-state index contributed by atoms with van der Waals surface area (Å²) in [5.74, 6) is 0. The molecule has 1 nitrogen and oxygen atoms in total. The van der Waals surface area contributed by atoms with Crippen LogP contribution in [0.1, 0.15) is 5.56 Å². The van der Waals surface area contributed by atoms with Crippen molar-refractivity contribution >= 4 is 22.6 Å². The molecule has 0 saturated heterocycles. The van der Waals surface area contributed by atoms with Crippen molar-refractivity contribution in [2.24, 2.45) is 0 Å². The standard InChI is InChI=1S/C15H12O/c1-2-12(10-11-16)14-9-5-7-13-6-3-4-8-15(13)14/h2-11H,1H2. The first kappa shape index (κ1) is 10.4. The monoisotopic (exact) mass is 208 g/mol. The van der Waals surface area contributed by atoms with E-state index in [1.807, 2.05) is 30.3 Å². The molecule has 0 fully saturated rings. The SMILES string of the molecule is C=CC(=CC=O)c1cccc2ccccc12. The maximum atomic E-state index is 10.6. The number of fused-ring (bicyclic) bond motifs is 1. The predicted octanol–water partition coefficient (Wildman–Crippen LogP) is 3.61. The summed E-state index contributed by atoms with van der Waals surface area (Å²) in [6.07, 6.45) is 4.03. The minimum Gasteiger partial charge on any atom is -0.299 e. The number of carbonyl (C=O) groups is 1. The third-order valence-electron chi connectivity index (χ3n) is 2.57. The molecule has 0 aromatic heterocycles. The Morgan fingerprint density at radius 3 is 2.56 bits per heavy atom. The Kier molecular flexibility index (Phi) is 2.97. The molecular weight excluding hydrogens is 196 g/mol. The maximum Gasteiger partial charge on any atom is 0.143 e. The first-order valence-electron chi connectivity index (χ1n) is 5.13. The van der Waals surface area contributed by atoms with E-state index in [0.29, 0.717) is 0 Å². The minimum atomic E-state index is 0.790. The predicted molar refractivity (Wildman–Crippen MR) is 68.2 cm³/mol. The maximum absolute atomic E-state index is 10.6. The molecule has 16 heavy (non-hydrogen) atoms. The molecular formula is C15H12O. The molecule has 0 N–H and O–H groups in total. The molecule has 1 heteroatoms. The van der Waals surface area contributed by atoms with E-state index in [-0.39, 0.29) is 0 Å². The van der Waals surface area contributed by atoms with Gasteiger partial charge in [0.2, 0.25) is 0 Å². The summed E-state index contributed by atoms with van der Waals surface area (Å²) in [4.78, 5) is 10.6. The molecule has 0 aliphatic rings. The van der Waals surface area contributed by atoms with E-state index in [1.54, 1.807) is 6.08 Å². The van der Waals surface area contributed by atoms with Gasteiger partial charge in [0.15, 0.2) is 0 Å². The van der Waals surface area contributed by atoms with Gasteiger partial charge in [0, 0.05) is 0 Å². The lowest BCUT2D eigenvalue weighted by molar-refractivity contribution is -0.104. The van der Waals surface area contributed by atoms with E-state index in [2.05, 4.69) is 18.7 Å². The third-order valence-corrected chi connectivity index (χ3v) is 2.57. The van der Waals surface area contributed by atoms with Crippen molar-refractivity contribution in [2.45, 2.75) is 0 Å². The van der Waals surface area contributed by atoms with Crippen molar-refractivity contribution in [2.75, 3.05) is 0 Å². The molecule has 2 rings (SSSR count). The second-order valence-corrected chi connectivity index (χ2v) is 3.49. The van der Waals surface area contributed by atoms with Crippen molar-refractivity contribution in [1.29, 1.82) is 0 Å². The highest BCUT2D eigenvalue weighted by molar-refractivity contribution is 5.98. The topological polar surface area (TPSA) is 17.1 Å². The van der Waals surface area contributed by atoms with Gasteiger partial charge in [-0.25, -0.2) is 0 Å². The number of allylic oxidation sites excluding steroid dienone is 3. The molecule has 78 valence electrons. The van der Waals surface area contributed by atoms with E-state index in [0.717, 1.165) is 22.8 Å². The molecule has 0 spiro atoms. The van der Waals surface area contributed by atoms with Crippen molar-refractivity contribution in [3.05, 3.63) is 66.8 Å². The summed E-state index contributed by atoms with van der Waals surface area (Å²) in [5, 5.41) is 2.30. The van der Waals surface area contributed by atoms with Gasteiger partial charge in [-0.15, -0.1) is 0 Å². The normalized spacial score (nSPS) is 11.4. The Balaban J connectivity index is 2.73. The highest BCUT2D eigenvalue weighted by atomic mass is 16.1. The van der Waals surface area contributed by atoms with Gasteiger partial charge in [-0.3, -0.25) is 4.79 Å². The van der Waals surface area contributed by atoms with Crippen molar-refractivity contribution in [3.63, 3.8) is 0 Å². The molecule has 0 heterocycles. The van der Waals surface area contributed by atoms with Gasteiger partial charge in [-0.2, -0.15) is 0 Å². The van der Waals surface area contributed by atoms with Crippen LogP contribution < -0.4 is 0 Å². The van der Waals surface area contributed by atoms with Crippen LogP contribution in [0.4, 0.5) is 0 Å². The molecule has 0 amide bonds. The fourth-order valence-electron chi connectivity index (χ4n) is 1.82. The van der Waals surface area contributed by atoms with E-state index < -0.39 is 0 Å². The van der Waals surface area contributed by atoms with Gasteiger partial charge in [-0.05, 0) is 28.0 Å². The van der Waals surface area contributed by atoms with Gasteiger partial charge in [0.25, 0.3) is 0 Å². The van der Waals surface area contributed by atoms with Crippen LogP contribution in [0.15, 0.2) is 61.2 Å². The van der Waals surface area contributed by atoms with Gasteiger partial charge in [-0.1, -0.05) is 55.1 Å². The molecule has 0 aliphatic carbocycles. The number of benzene rings is 2. The molecule has 0 saturated carbocycles. The second-order valence-electron chi connectivity index (χ2n) is 3.49. The van der Waals surface area contributed by atoms with Crippen LogP contribution in [0.25, 0.3) is 16.3 Å². The molecule has 0 unspecified atom stereocenters. The Morgan fingerprint density at radius 2 is 1.81 bits per heavy atom. The fraction of sp³-hybridized carbons (Fsp3) is 0. The average molecular weight is 208 g/mol. The lowest BCUT2D eigenvalue weighted by Crippen LogP contribution is -1.84. The molecule has 0 atom stereocenters.